The lowest BCUT2D eigenvalue weighted by Gasteiger charge is -2.19. The molecule has 0 saturated carbocycles. The molecule has 0 aliphatic heterocycles. The molecule has 0 saturated heterocycles. The highest BCUT2D eigenvalue weighted by atomic mass is 32.1. The van der Waals surface area contributed by atoms with Crippen molar-refractivity contribution in [3.63, 3.8) is 0 Å². The van der Waals surface area contributed by atoms with Gasteiger partial charge in [0, 0.05) is 37.3 Å². The van der Waals surface area contributed by atoms with E-state index in [-0.39, 0.29) is 0 Å². The molecule has 0 atom stereocenters. The highest BCUT2D eigenvalue weighted by Crippen LogP contribution is 2.01. The molecule has 1 aromatic heterocycles. The van der Waals surface area contributed by atoms with Gasteiger partial charge in [0.2, 0.25) is 0 Å². The van der Waals surface area contributed by atoms with E-state index >= 15 is 0 Å². The van der Waals surface area contributed by atoms with Crippen molar-refractivity contribution in [2.24, 2.45) is 0 Å². The summed E-state index contributed by atoms with van der Waals surface area (Å²) in [7, 11) is 0. The smallest absolute Gasteiger partial charge is 0.0543 e. The zero-order chi connectivity index (χ0) is 10.2. The standard InChI is InChI=1S/C10H16N2S2/c13-7-5-12(6-8-14)9-10-3-1-2-4-11-10/h1-4,13-14H,5-9H2. The lowest BCUT2D eigenvalue weighted by molar-refractivity contribution is 0.298. The Morgan fingerprint density at radius 3 is 2.36 bits per heavy atom. The maximum Gasteiger partial charge on any atom is 0.0543 e. The SMILES string of the molecule is SCCN(CCS)Cc1ccccn1. The molecule has 0 unspecified atom stereocenters. The second-order valence-electron chi connectivity index (χ2n) is 3.04. The molecular formula is C10H16N2S2. The van der Waals surface area contributed by atoms with Crippen LogP contribution in [0.1, 0.15) is 5.69 Å². The van der Waals surface area contributed by atoms with E-state index in [1.54, 1.807) is 0 Å². The number of nitrogens with zero attached hydrogens (tertiary/aromatic N) is 2. The van der Waals surface area contributed by atoms with Crippen molar-refractivity contribution in [2.75, 3.05) is 24.6 Å². The summed E-state index contributed by atoms with van der Waals surface area (Å²) in [5, 5.41) is 0. The first-order valence-corrected chi connectivity index (χ1v) is 5.97. The first-order valence-electron chi connectivity index (χ1n) is 4.71. The molecular weight excluding hydrogens is 212 g/mol. The summed E-state index contributed by atoms with van der Waals surface area (Å²) >= 11 is 8.46. The lowest BCUT2D eigenvalue weighted by Crippen LogP contribution is -2.27. The van der Waals surface area contributed by atoms with Crippen LogP contribution in [0.25, 0.3) is 0 Å². The Morgan fingerprint density at radius 2 is 1.86 bits per heavy atom. The Bertz CT molecular complexity index is 235. The van der Waals surface area contributed by atoms with Crippen LogP contribution in [0.15, 0.2) is 24.4 Å². The fraction of sp³-hybridized carbons (Fsp3) is 0.500. The van der Waals surface area contributed by atoms with Gasteiger partial charge >= 0.3 is 0 Å². The van der Waals surface area contributed by atoms with Gasteiger partial charge in [-0.15, -0.1) is 0 Å². The number of thiol groups is 2. The van der Waals surface area contributed by atoms with E-state index in [1.165, 1.54) is 0 Å². The molecule has 0 N–H and O–H groups in total. The van der Waals surface area contributed by atoms with Gasteiger partial charge in [0.15, 0.2) is 0 Å². The average molecular weight is 228 g/mol. The second-order valence-corrected chi connectivity index (χ2v) is 3.94. The third kappa shape index (κ3) is 4.35. The molecule has 14 heavy (non-hydrogen) atoms. The van der Waals surface area contributed by atoms with E-state index in [4.69, 9.17) is 0 Å². The molecule has 0 amide bonds. The molecule has 0 aromatic carbocycles. The molecule has 0 fully saturated rings. The van der Waals surface area contributed by atoms with E-state index in [0.717, 1.165) is 36.8 Å². The highest BCUT2D eigenvalue weighted by molar-refractivity contribution is 7.80. The van der Waals surface area contributed by atoms with Crippen LogP contribution >= 0.6 is 25.3 Å². The zero-order valence-electron chi connectivity index (χ0n) is 8.13. The first kappa shape index (κ1) is 11.9. The zero-order valence-corrected chi connectivity index (χ0v) is 9.92. The summed E-state index contributed by atoms with van der Waals surface area (Å²) < 4.78 is 0. The normalized spacial score (nSPS) is 10.8. The van der Waals surface area contributed by atoms with Crippen LogP contribution in [0.5, 0.6) is 0 Å². The highest BCUT2D eigenvalue weighted by Gasteiger charge is 2.03. The van der Waals surface area contributed by atoms with E-state index in [1.807, 2.05) is 24.4 Å². The van der Waals surface area contributed by atoms with Gasteiger partial charge in [-0.05, 0) is 12.1 Å². The number of rotatable bonds is 6. The van der Waals surface area contributed by atoms with Crippen molar-refractivity contribution in [1.29, 1.82) is 0 Å². The minimum absolute atomic E-state index is 0.876. The number of hydrogen-bond acceptors (Lipinski definition) is 4. The second kappa shape index (κ2) is 7.15. The summed E-state index contributed by atoms with van der Waals surface area (Å²) in [4.78, 5) is 6.60. The quantitative estimate of drug-likeness (QED) is 0.722. The Labute approximate surface area is 96.5 Å². The molecule has 2 nitrogen and oxygen atoms in total. The van der Waals surface area contributed by atoms with Crippen LogP contribution in [0.2, 0.25) is 0 Å². The van der Waals surface area contributed by atoms with Gasteiger partial charge in [-0.1, -0.05) is 6.07 Å². The predicted molar refractivity (Wildman–Crippen MR) is 67.2 cm³/mol. The van der Waals surface area contributed by atoms with E-state index in [0.29, 0.717) is 0 Å². The number of hydrogen-bond donors (Lipinski definition) is 2. The van der Waals surface area contributed by atoms with Crippen LogP contribution in [-0.4, -0.2) is 34.5 Å². The predicted octanol–water partition coefficient (Wildman–Crippen LogP) is 1.74. The molecule has 0 spiro atoms. The van der Waals surface area contributed by atoms with Crippen molar-refractivity contribution >= 4 is 25.3 Å². The maximum absolute atomic E-state index is 4.29. The van der Waals surface area contributed by atoms with Crippen molar-refractivity contribution in [1.82, 2.24) is 9.88 Å². The molecule has 78 valence electrons. The van der Waals surface area contributed by atoms with E-state index in [9.17, 15) is 0 Å². The van der Waals surface area contributed by atoms with E-state index in [2.05, 4.69) is 35.1 Å². The third-order valence-corrected chi connectivity index (χ3v) is 2.34. The maximum atomic E-state index is 4.29. The molecule has 4 heteroatoms. The van der Waals surface area contributed by atoms with Crippen molar-refractivity contribution in [3.8, 4) is 0 Å². The van der Waals surface area contributed by atoms with E-state index < -0.39 is 0 Å². The van der Waals surface area contributed by atoms with Gasteiger partial charge in [0.05, 0.1) is 5.69 Å². The topological polar surface area (TPSA) is 16.1 Å². The van der Waals surface area contributed by atoms with Gasteiger partial charge in [-0.2, -0.15) is 25.3 Å². The molecule has 0 radical (unpaired) electrons. The Kier molecular flexibility index (Phi) is 6.07. The van der Waals surface area contributed by atoms with Crippen LogP contribution < -0.4 is 0 Å². The van der Waals surface area contributed by atoms with Gasteiger partial charge in [0.25, 0.3) is 0 Å². The van der Waals surface area contributed by atoms with Gasteiger partial charge in [-0.3, -0.25) is 9.88 Å². The molecule has 1 rings (SSSR count). The van der Waals surface area contributed by atoms with Gasteiger partial charge in [0.1, 0.15) is 0 Å². The third-order valence-electron chi connectivity index (χ3n) is 1.94. The Morgan fingerprint density at radius 1 is 1.14 bits per heavy atom. The van der Waals surface area contributed by atoms with Crippen molar-refractivity contribution < 1.29 is 0 Å². The fourth-order valence-electron chi connectivity index (χ4n) is 1.27. The number of pyridine rings is 1. The molecule has 0 bridgehead atoms. The lowest BCUT2D eigenvalue weighted by atomic mass is 10.3. The Hall–Kier alpha value is -0.190. The molecule has 0 aliphatic rings. The van der Waals surface area contributed by atoms with Crippen molar-refractivity contribution in [2.45, 2.75) is 6.54 Å². The average Bonchev–Trinajstić information content (AvgIpc) is 2.20. The molecule has 1 aromatic rings. The largest absolute Gasteiger partial charge is 0.296 e. The Balaban J connectivity index is 2.46. The molecule has 0 aliphatic carbocycles. The van der Waals surface area contributed by atoms with Gasteiger partial charge in [-0.25, -0.2) is 0 Å². The minimum Gasteiger partial charge on any atom is -0.296 e. The molecule has 1 heterocycles. The van der Waals surface area contributed by atoms with Crippen LogP contribution in [0, 0.1) is 0 Å². The summed E-state index contributed by atoms with van der Waals surface area (Å²) in [5.74, 6) is 1.75. The number of aromatic nitrogens is 1. The van der Waals surface area contributed by atoms with Crippen molar-refractivity contribution in [3.05, 3.63) is 30.1 Å². The van der Waals surface area contributed by atoms with Crippen LogP contribution in [-0.2, 0) is 6.54 Å². The van der Waals surface area contributed by atoms with Gasteiger partial charge < -0.3 is 0 Å². The van der Waals surface area contributed by atoms with Crippen LogP contribution in [0.4, 0.5) is 0 Å². The summed E-state index contributed by atoms with van der Waals surface area (Å²) in [5.41, 5.74) is 1.11. The summed E-state index contributed by atoms with van der Waals surface area (Å²) in [6.07, 6.45) is 1.83. The first-order chi connectivity index (χ1) is 6.86. The minimum atomic E-state index is 0.876. The summed E-state index contributed by atoms with van der Waals surface area (Å²) in [6.45, 7) is 2.86. The fourth-order valence-corrected chi connectivity index (χ4v) is 1.84. The van der Waals surface area contributed by atoms with Crippen LogP contribution in [0.3, 0.4) is 0 Å². The monoisotopic (exact) mass is 228 g/mol. The summed E-state index contributed by atoms with van der Waals surface area (Å²) in [6, 6.07) is 6.00.